The SMILES string of the molecule is CC(NC(=O)C(Cc1ccccc1)NC(=O)c1ccccc1)C(=O)C(=O)NC(Cc1ccccc1)C(=O)NC(C)(C)C(N)=O. The maximum absolute atomic E-state index is 13.3. The molecular weight excluding hydrogens is 562 g/mol. The van der Waals surface area contributed by atoms with Gasteiger partial charge in [-0.25, -0.2) is 0 Å². The predicted octanol–water partition coefficient (Wildman–Crippen LogP) is 1.21. The first kappa shape index (κ1) is 33.2. The third kappa shape index (κ3) is 9.62. The number of rotatable bonds is 14. The van der Waals surface area contributed by atoms with Crippen molar-refractivity contribution in [3.05, 3.63) is 108 Å². The molecule has 5 amide bonds. The number of ketones is 1. The average molecular weight is 600 g/mol. The molecule has 11 heteroatoms. The van der Waals surface area contributed by atoms with E-state index in [2.05, 4.69) is 21.3 Å². The molecule has 3 aromatic rings. The second-order valence-electron chi connectivity index (χ2n) is 10.9. The first-order valence-electron chi connectivity index (χ1n) is 14.1. The van der Waals surface area contributed by atoms with E-state index in [9.17, 15) is 28.8 Å². The number of primary amides is 1. The van der Waals surface area contributed by atoms with Crippen molar-refractivity contribution in [1.82, 2.24) is 21.3 Å². The Morgan fingerprint density at radius 1 is 0.659 bits per heavy atom. The molecule has 0 fully saturated rings. The molecule has 44 heavy (non-hydrogen) atoms. The summed E-state index contributed by atoms with van der Waals surface area (Å²) in [6.45, 7) is 4.17. The fraction of sp³-hybridized carbons (Fsp3) is 0.273. The van der Waals surface area contributed by atoms with Crippen LogP contribution in [0.2, 0.25) is 0 Å². The molecule has 0 bridgehead atoms. The van der Waals surface area contributed by atoms with Crippen LogP contribution in [-0.4, -0.2) is 59.0 Å². The quantitative estimate of drug-likeness (QED) is 0.174. The molecule has 11 nitrogen and oxygen atoms in total. The maximum Gasteiger partial charge on any atom is 0.290 e. The van der Waals surface area contributed by atoms with Crippen LogP contribution in [0.4, 0.5) is 0 Å². The van der Waals surface area contributed by atoms with Gasteiger partial charge in [0.15, 0.2) is 0 Å². The van der Waals surface area contributed by atoms with Gasteiger partial charge in [-0.2, -0.15) is 0 Å². The Labute approximate surface area is 256 Å². The summed E-state index contributed by atoms with van der Waals surface area (Å²) in [6, 6.07) is 22.6. The van der Waals surface area contributed by atoms with Gasteiger partial charge in [-0.15, -0.1) is 0 Å². The minimum Gasteiger partial charge on any atom is -0.368 e. The van der Waals surface area contributed by atoms with Gasteiger partial charge in [0.25, 0.3) is 11.8 Å². The summed E-state index contributed by atoms with van der Waals surface area (Å²) >= 11 is 0. The van der Waals surface area contributed by atoms with E-state index in [1.165, 1.54) is 20.8 Å². The molecule has 0 saturated heterocycles. The van der Waals surface area contributed by atoms with E-state index >= 15 is 0 Å². The van der Waals surface area contributed by atoms with Crippen molar-refractivity contribution >= 4 is 35.3 Å². The normalized spacial score (nSPS) is 13.0. The monoisotopic (exact) mass is 599 g/mol. The third-order valence-corrected chi connectivity index (χ3v) is 6.87. The number of Topliss-reactive ketones (excluding diaryl/α,β-unsaturated/α-hetero) is 1. The van der Waals surface area contributed by atoms with E-state index in [1.54, 1.807) is 84.9 Å². The summed E-state index contributed by atoms with van der Waals surface area (Å²) in [5, 5.41) is 10.2. The highest BCUT2D eigenvalue weighted by Gasteiger charge is 2.34. The number of hydrogen-bond acceptors (Lipinski definition) is 6. The van der Waals surface area contributed by atoms with Crippen molar-refractivity contribution < 1.29 is 28.8 Å². The van der Waals surface area contributed by atoms with E-state index in [-0.39, 0.29) is 12.8 Å². The average Bonchev–Trinajstić information content (AvgIpc) is 3.01. The van der Waals surface area contributed by atoms with Crippen molar-refractivity contribution in [1.29, 1.82) is 0 Å². The van der Waals surface area contributed by atoms with E-state index in [4.69, 9.17) is 5.73 Å². The van der Waals surface area contributed by atoms with Crippen molar-refractivity contribution in [2.24, 2.45) is 5.73 Å². The standard InChI is InChI=1S/C33H37N5O6/c1-21(35-29(41)25(19-22-13-7-4-8-14-22)36-28(40)24-17-11-6-12-18-24)27(39)31(43)37-26(20-23-15-9-5-10-16-23)30(42)38-33(2,3)32(34)44/h4-18,21,25-26H,19-20H2,1-3H3,(H2,34,44)(H,35,41)(H,36,40)(H,37,43)(H,38,42). The Hall–Kier alpha value is -5.32. The summed E-state index contributed by atoms with van der Waals surface area (Å²) in [6.07, 6.45) is 0.152. The summed E-state index contributed by atoms with van der Waals surface area (Å²) in [4.78, 5) is 77.2. The van der Waals surface area contributed by atoms with Crippen LogP contribution in [0.3, 0.4) is 0 Å². The largest absolute Gasteiger partial charge is 0.368 e. The highest BCUT2D eigenvalue weighted by molar-refractivity contribution is 6.38. The van der Waals surface area contributed by atoms with Gasteiger partial charge in [0.1, 0.15) is 17.6 Å². The molecule has 0 saturated carbocycles. The van der Waals surface area contributed by atoms with Crippen LogP contribution in [-0.2, 0) is 36.8 Å². The molecule has 3 rings (SSSR count). The van der Waals surface area contributed by atoms with Crippen molar-refractivity contribution in [2.75, 3.05) is 0 Å². The lowest BCUT2D eigenvalue weighted by atomic mass is 10.0. The van der Waals surface area contributed by atoms with E-state index in [0.29, 0.717) is 11.1 Å². The molecule has 230 valence electrons. The van der Waals surface area contributed by atoms with Crippen LogP contribution in [0.1, 0.15) is 42.3 Å². The lowest BCUT2D eigenvalue weighted by Gasteiger charge is -2.26. The van der Waals surface area contributed by atoms with Crippen LogP contribution >= 0.6 is 0 Å². The molecular formula is C33H37N5O6. The van der Waals surface area contributed by atoms with Gasteiger partial charge in [-0.1, -0.05) is 78.9 Å². The number of amides is 5. The lowest BCUT2D eigenvalue weighted by molar-refractivity contribution is -0.141. The molecule has 0 aliphatic carbocycles. The van der Waals surface area contributed by atoms with Gasteiger partial charge in [-0.05, 0) is 44.0 Å². The summed E-state index contributed by atoms with van der Waals surface area (Å²) in [5.41, 5.74) is 5.78. The fourth-order valence-corrected chi connectivity index (χ4v) is 4.21. The smallest absolute Gasteiger partial charge is 0.290 e. The number of hydrogen-bond donors (Lipinski definition) is 5. The molecule has 3 aromatic carbocycles. The second kappa shape index (κ2) is 15.2. The fourth-order valence-electron chi connectivity index (χ4n) is 4.21. The zero-order valence-electron chi connectivity index (χ0n) is 24.8. The lowest BCUT2D eigenvalue weighted by Crippen LogP contribution is -2.60. The maximum atomic E-state index is 13.3. The molecule has 6 N–H and O–H groups in total. The molecule has 3 atom stereocenters. The van der Waals surface area contributed by atoms with Crippen LogP contribution < -0.4 is 27.0 Å². The van der Waals surface area contributed by atoms with Gasteiger partial charge in [0.05, 0.1) is 6.04 Å². The van der Waals surface area contributed by atoms with Gasteiger partial charge in [-0.3, -0.25) is 28.8 Å². The van der Waals surface area contributed by atoms with Crippen LogP contribution in [0, 0.1) is 0 Å². The first-order valence-corrected chi connectivity index (χ1v) is 14.1. The van der Waals surface area contributed by atoms with Crippen molar-refractivity contribution in [3.8, 4) is 0 Å². The molecule has 3 unspecified atom stereocenters. The van der Waals surface area contributed by atoms with Crippen LogP contribution in [0.15, 0.2) is 91.0 Å². The van der Waals surface area contributed by atoms with Gasteiger partial charge in [0.2, 0.25) is 23.5 Å². The highest BCUT2D eigenvalue weighted by atomic mass is 16.2. The molecule has 0 radical (unpaired) electrons. The zero-order chi connectivity index (χ0) is 32.3. The molecule has 0 aliphatic rings. The van der Waals surface area contributed by atoms with E-state index in [0.717, 1.165) is 5.56 Å². The number of carbonyl (C=O) groups is 6. The first-order chi connectivity index (χ1) is 20.9. The Morgan fingerprint density at radius 2 is 1.11 bits per heavy atom. The summed E-state index contributed by atoms with van der Waals surface area (Å²) in [7, 11) is 0. The van der Waals surface area contributed by atoms with Gasteiger partial charge in [0, 0.05) is 18.4 Å². The Kier molecular flexibility index (Phi) is 11.5. The summed E-state index contributed by atoms with van der Waals surface area (Å²) < 4.78 is 0. The zero-order valence-corrected chi connectivity index (χ0v) is 24.8. The summed E-state index contributed by atoms with van der Waals surface area (Å²) in [5.74, 6) is -4.78. The number of nitrogens with one attached hydrogen (secondary N) is 4. The third-order valence-electron chi connectivity index (χ3n) is 6.87. The van der Waals surface area contributed by atoms with Crippen molar-refractivity contribution in [3.63, 3.8) is 0 Å². The number of nitrogens with two attached hydrogens (primary N) is 1. The van der Waals surface area contributed by atoms with Gasteiger partial charge < -0.3 is 27.0 Å². The predicted molar refractivity (Wildman–Crippen MR) is 164 cm³/mol. The number of carbonyl (C=O) groups excluding carboxylic acids is 6. The highest BCUT2D eigenvalue weighted by Crippen LogP contribution is 2.09. The molecule has 0 heterocycles. The number of benzene rings is 3. The minimum absolute atomic E-state index is 0.0198. The molecule has 0 aromatic heterocycles. The molecule has 0 spiro atoms. The van der Waals surface area contributed by atoms with E-state index < -0.39 is 59.0 Å². The Balaban J connectivity index is 1.73. The second-order valence-corrected chi connectivity index (χ2v) is 10.9. The topological polar surface area (TPSA) is 177 Å². The van der Waals surface area contributed by atoms with E-state index in [1.807, 2.05) is 6.07 Å². The Bertz CT molecular complexity index is 1480. The Morgan fingerprint density at radius 3 is 1.59 bits per heavy atom. The van der Waals surface area contributed by atoms with Crippen LogP contribution in [0.25, 0.3) is 0 Å². The minimum atomic E-state index is -1.42. The van der Waals surface area contributed by atoms with Crippen molar-refractivity contribution in [2.45, 2.75) is 57.3 Å². The van der Waals surface area contributed by atoms with Crippen LogP contribution in [0.5, 0.6) is 0 Å². The molecule has 0 aliphatic heterocycles. The van der Waals surface area contributed by atoms with Gasteiger partial charge >= 0.3 is 0 Å².